The van der Waals surface area contributed by atoms with E-state index in [-0.39, 0.29) is 17.9 Å². The van der Waals surface area contributed by atoms with E-state index < -0.39 is 5.97 Å². The molecule has 2 rings (SSSR count). The molecule has 22 heavy (non-hydrogen) atoms. The van der Waals surface area contributed by atoms with Gasteiger partial charge in [0.25, 0.3) is 0 Å². The van der Waals surface area contributed by atoms with Gasteiger partial charge in [-0.25, -0.2) is 4.79 Å². The topological polar surface area (TPSA) is 55.8 Å². The largest absolute Gasteiger partial charge is 0.507 e. The van der Waals surface area contributed by atoms with Crippen LogP contribution in [0.1, 0.15) is 41.3 Å². The van der Waals surface area contributed by atoms with Crippen LogP contribution in [0.2, 0.25) is 0 Å². The zero-order chi connectivity index (χ0) is 16.1. The molecule has 2 aromatic rings. The third-order valence-corrected chi connectivity index (χ3v) is 3.44. The van der Waals surface area contributed by atoms with Crippen LogP contribution < -0.4 is 4.74 Å². The smallest absolute Gasteiger partial charge is 0.342 e. The summed E-state index contributed by atoms with van der Waals surface area (Å²) >= 11 is 0. The number of carbonyl (C=O) groups excluding carboxylic acids is 1. The van der Waals surface area contributed by atoms with Gasteiger partial charge < -0.3 is 14.6 Å². The van der Waals surface area contributed by atoms with Crippen molar-refractivity contribution in [3.8, 4) is 11.5 Å². The minimum absolute atomic E-state index is 0.0955. The summed E-state index contributed by atoms with van der Waals surface area (Å²) in [7, 11) is 1.50. The van der Waals surface area contributed by atoms with Gasteiger partial charge in [0.1, 0.15) is 23.7 Å². The molecule has 0 aliphatic heterocycles. The predicted octanol–water partition coefficient (Wildman–Crippen LogP) is 3.88. The molecule has 0 saturated carbocycles. The molecule has 4 heteroatoms. The first kappa shape index (κ1) is 15.9. The van der Waals surface area contributed by atoms with E-state index in [0.29, 0.717) is 11.7 Å². The van der Waals surface area contributed by atoms with E-state index in [4.69, 9.17) is 9.47 Å². The SMILES string of the molecule is COc1ccc(O)c(C(=O)OCc2ccc(C(C)C)cc2)c1. The lowest BCUT2D eigenvalue weighted by atomic mass is 10.0. The Kier molecular flexibility index (Phi) is 5.04. The molecule has 0 spiro atoms. The molecule has 2 aromatic carbocycles. The zero-order valence-corrected chi connectivity index (χ0v) is 13.0. The molecule has 0 saturated heterocycles. The number of hydrogen-bond acceptors (Lipinski definition) is 4. The lowest BCUT2D eigenvalue weighted by Crippen LogP contribution is -2.06. The van der Waals surface area contributed by atoms with Crippen molar-refractivity contribution in [1.29, 1.82) is 0 Å². The normalized spacial score (nSPS) is 10.5. The summed E-state index contributed by atoms with van der Waals surface area (Å²) in [4.78, 5) is 12.0. The Morgan fingerprint density at radius 1 is 1.14 bits per heavy atom. The average molecular weight is 300 g/mol. The molecule has 0 aliphatic carbocycles. The van der Waals surface area contributed by atoms with E-state index in [0.717, 1.165) is 5.56 Å². The number of benzene rings is 2. The summed E-state index contributed by atoms with van der Waals surface area (Å²) in [5.41, 5.74) is 2.24. The molecule has 0 atom stereocenters. The maximum Gasteiger partial charge on any atom is 0.342 e. The Balaban J connectivity index is 2.03. The van der Waals surface area contributed by atoms with E-state index >= 15 is 0 Å². The summed E-state index contributed by atoms with van der Waals surface area (Å²) in [6.45, 7) is 4.41. The third-order valence-electron chi connectivity index (χ3n) is 3.44. The number of phenols is 1. The number of hydrogen-bond donors (Lipinski definition) is 1. The van der Waals surface area contributed by atoms with E-state index in [9.17, 15) is 9.90 Å². The second-order valence-electron chi connectivity index (χ2n) is 5.36. The summed E-state index contributed by atoms with van der Waals surface area (Å²) in [6, 6.07) is 12.4. The minimum Gasteiger partial charge on any atom is -0.507 e. The highest BCUT2D eigenvalue weighted by atomic mass is 16.5. The van der Waals surface area contributed by atoms with Gasteiger partial charge in [0, 0.05) is 0 Å². The Labute approximate surface area is 130 Å². The number of esters is 1. The van der Waals surface area contributed by atoms with Gasteiger partial charge >= 0.3 is 5.97 Å². The van der Waals surface area contributed by atoms with Crippen LogP contribution in [0, 0.1) is 0 Å². The maximum absolute atomic E-state index is 12.0. The van der Waals surface area contributed by atoms with Crippen LogP contribution in [0.3, 0.4) is 0 Å². The Morgan fingerprint density at radius 3 is 2.41 bits per heavy atom. The van der Waals surface area contributed by atoms with Gasteiger partial charge in [0.2, 0.25) is 0 Å². The lowest BCUT2D eigenvalue weighted by Gasteiger charge is -2.09. The Morgan fingerprint density at radius 2 is 1.82 bits per heavy atom. The fourth-order valence-electron chi connectivity index (χ4n) is 2.03. The molecule has 1 N–H and O–H groups in total. The van der Waals surface area contributed by atoms with Gasteiger partial charge in [-0.3, -0.25) is 0 Å². The van der Waals surface area contributed by atoms with E-state index in [2.05, 4.69) is 13.8 Å². The van der Waals surface area contributed by atoms with E-state index in [1.807, 2.05) is 24.3 Å². The number of phenolic OH excluding ortho intramolecular Hbond substituents is 1. The van der Waals surface area contributed by atoms with Crippen molar-refractivity contribution in [3.05, 3.63) is 59.2 Å². The Bertz CT molecular complexity index is 645. The van der Waals surface area contributed by atoms with Gasteiger partial charge in [0.15, 0.2) is 0 Å². The molecular formula is C18H20O4. The molecule has 0 heterocycles. The third kappa shape index (κ3) is 3.79. The molecule has 0 fully saturated rings. The monoisotopic (exact) mass is 300 g/mol. The first-order valence-electron chi connectivity index (χ1n) is 7.14. The van der Waals surface area contributed by atoms with Crippen molar-refractivity contribution in [2.45, 2.75) is 26.4 Å². The first-order valence-corrected chi connectivity index (χ1v) is 7.14. The highest BCUT2D eigenvalue weighted by Gasteiger charge is 2.14. The highest BCUT2D eigenvalue weighted by molar-refractivity contribution is 5.92. The van der Waals surface area contributed by atoms with Crippen molar-refractivity contribution in [1.82, 2.24) is 0 Å². The van der Waals surface area contributed by atoms with Crippen LogP contribution in [-0.2, 0) is 11.3 Å². The van der Waals surface area contributed by atoms with Crippen molar-refractivity contribution in [2.24, 2.45) is 0 Å². The van der Waals surface area contributed by atoms with E-state index in [1.165, 1.54) is 24.8 Å². The first-order chi connectivity index (χ1) is 10.5. The van der Waals surface area contributed by atoms with Gasteiger partial charge in [-0.2, -0.15) is 0 Å². The fourth-order valence-corrected chi connectivity index (χ4v) is 2.03. The van der Waals surface area contributed by atoms with Crippen molar-refractivity contribution >= 4 is 5.97 Å². The number of ether oxygens (including phenoxy) is 2. The van der Waals surface area contributed by atoms with Gasteiger partial charge in [-0.1, -0.05) is 38.1 Å². The van der Waals surface area contributed by atoms with Crippen LogP contribution in [-0.4, -0.2) is 18.2 Å². The fraction of sp³-hybridized carbons (Fsp3) is 0.278. The second kappa shape index (κ2) is 6.98. The standard InChI is InChI=1S/C18H20O4/c1-12(2)14-6-4-13(5-7-14)11-22-18(20)16-10-15(21-3)8-9-17(16)19/h4-10,12,19H,11H2,1-3H3. The molecule has 0 unspecified atom stereocenters. The summed E-state index contributed by atoms with van der Waals surface area (Å²) in [5, 5.41) is 9.74. The van der Waals surface area contributed by atoms with E-state index in [1.54, 1.807) is 6.07 Å². The molecule has 0 aromatic heterocycles. The Hall–Kier alpha value is -2.49. The van der Waals surface area contributed by atoms with Crippen LogP contribution in [0.25, 0.3) is 0 Å². The van der Waals surface area contributed by atoms with Crippen LogP contribution >= 0.6 is 0 Å². The molecule has 0 radical (unpaired) electrons. The number of aromatic hydroxyl groups is 1. The lowest BCUT2D eigenvalue weighted by molar-refractivity contribution is 0.0469. The molecular weight excluding hydrogens is 280 g/mol. The zero-order valence-electron chi connectivity index (χ0n) is 13.0. The predicted molar refractivity (Wildman–Crippen MR) is 84.3 cm³/mol. The summed E-state index contributed by atoms with van der Waals surface area (Å²) < 4.78 is 10.3. The van der Waals surface area contributed by atoms with Gasteiger partial charge in [-0.15, -0.1) is 0 Å². The summed E-state index contributed by atoms with van der Waals surface area (Å²) in [6.07, 6.45) is 0. The quantitative estimate of drug-likeness (QED) is 0.851. The van der Waals surface area contributed by atoms with Gasteiger partial charge in [-0.05, 0) is 35.2 Å². The van der Waals surface area contributed by atoms with Gasteiger partial charge in [0.05, 0.1) is 7.11 Å². The maximum atomic E-state index is 12.0. The molecule has 0 amide bonds. The minimum atomic E-state index is -0.579. The number of carbonyl (C=O) groups is 1. The molecule has 0 aliphatic rings. The van der Waals surface area contributed by atoms with Crippen molar-refractivity contribution < 1.29 is 19.4 Å². The van der Waals surface area contributed by atoms with Crippen molar-refractivity contribution in [2.75, 3.05) is 7.11 Å². The van der Waals surface area contributed by atoms with Crippen LogP contribution in [0.15, 0.2) is 42.5 Å². The number of methoxy groups -OCH3 is 1. The number of rotatable bonds is 5. The van der Waals surface area contributed by atoms with Crippen LogP contribution in [0.4, 0.5) is 0 Å². The highest BCUT2D eigenvalue weighted by Crippen LogP contribution is 2.24. The average Bonchev–Trinajstić information content (AvgIpc) is 2.53. The molecule has 116 valence electrons. The second-order valence-corrected chi connectivity index (χ2v) is 5.36. The summed E-state index contributed by atoms with van der Waals surface area (Å²) in [5.74, 6) is 0.252. The molecule has 0 bridgehead atoms. The van der Waals surface area contributed by atoms with Crippen LogP contribution in [0.5, 0.6) is 11.5 Å². The van der Waals surface area contributed by atoms with Crippen molar-refractivity contribution in [3.63, 3.8) is 0 Å². The molecule has 4 nitrogen and oxygen atoms in total.